The summed E-state index contributed by atoms with van der Waals surface area (Å²) in [6.07, 6.45) is 0.789. The minimum Gasteiger partial charge on any atom is -0.454 e. The molecule has 2 N–H and O–H groups in total. The van der Waals surface area contributed by atoms with Gasteiger partial charge in [-0.2, -0.15) is 0 Å². The fourth-order valence-corrected chi connectivity index (χ4v) is 1.85. The van der Waals surface area contributed by atoms with Gasteiger partial charge in [-0.25, -0.2) is 8.78 Å². The van der Waals surface area contributed by atoms with Crippen LogP contribution in [0.3, 0.4) is 0 Å². The molecule has 0 atom stereocenters. The maximum absolute atomic E-state index is 13.5. The van der Waals surface area contributed by atoms with Gasteiger partial charge in [0.1, 0.15) is 11.6 Å². The van der Waals surface area contributed by atoms with Gasteiger partial charge in [-0.1, -0.05) is 6.07 Å². The van der Waals surface area contributed by atoms with E-state index in [0.29, 0.717) is 12.3 Å². The van der Waals surface area contributed by atoms with Crippen LogP contribution < -0.4 is 10.5 Å². The Morgan fingerprint density at radius 2 is 1.89 bits per heavy atom. The van der Waals surface area contributed by atoms with E-state index in [0.717, 1.165) is 29.7 Å². The van der Waals surface area contributed by atoms with Crippen molar-refractivity contribution in [3.8, 4) is 11.5 Å². The summed E-state index contributed by atoms with van der Waals surface area (Å²) in [5, 5.41) is 0. The Bertz CT molecular complexity index is 584. The smallest absolute Gasteiger partial charge is 0.168 e. The second kappa shape index (κ2) is 5.80. The highest BCUT2D eigenvalue weighted by Gasteiger charge is 2.07. The highest BCUT2D eigenvalue weighted by Crippen LogP contribution is 2.26. The summed E-state index contributed by atoms with van der Waals surface area (Å²) < 4.78 is 31.6. The summed E-state index contributed by atoms with van der Waals surface area (Å²) in [6.45, 7) is 2.52. The Morgan fingerprint density at radius 3 is 2.53 bits per heavy atom. The fraction of sp³-hybridized carbons (Fsp3) is 0.200. The highest BCUT2D eigenvalue weighted by molar-refractivity contribution is 5.38. The minimum absolute atomic E-state index is 0.00683. The van der Waals surface area contributed by atoms with Gasteiger partial charge < -0.3 is 10.5 Å². The van der Waals surface area contributed by atoms with E-state index in [-0.39, 0.29) is 5.75 Å². The molecule has 0 amide bonds. The summed E-state index contributed by atoms with van der Waals surface area (Å²) in [6, 6.07) is 8.69. The van der Waals surface area contributed by atoms with Crippen LogP contribution in [-0.2, 0) is 6.42 Å². The average Bonchev–Trinajstić information content (AvgIpc) is 2.36. The first-order chi connectivity index (χ1) is 9.10. The lowest BCUT2D eigenvalue weighted by atomic mass is 10.1. The predicted molar refractivity (Wildman–Crippen MR) is 70.4 cm³/mol. The van der Waals surface area contributed by atoms with Crippen LogP contribution >= 0.6 is 0 Å². The molecule has 0 aliphatic rings. The van der Waals surface area contributed by atoms with Crippen molar-refractivity contribution in [2.75, 3.05) is 6.54 Å². The van der Waals surface area contributed by atoms with Gasteiger partial charge in [0.25, 0.3) is 0 Å². The number of rotatable bonds is 4. The molecule has 0 radical (unpaired) electrons. The van der Waals surface area contributed by atoms with Crippen molar-refractivity contribution in [1.29, 1.82) is 0 Å². The van der Waals surface area contributed by atoms with Crippen LogP contribution in [0.1, 0.15) is 11.1 Å². The third kappa shape index (κ3) is 3.29. The molecule has 0 aliphatic heterocycles. The second-order valence-corrected chi connectivity index (χ2v) is 4.30. The molecule has 0 saturated carbocycles. The number of hydrogen-bond acceptors (Lipinski definition) is 2. The van der Waals surface area contributed by atoms with Crippen molar-refractivity contribution in [2.45, 2.75) is 13.3 Å². The van der Waals surface area contributed by atoms with Gasteiger partial charge in [0.15, 0.2) is 11.6 Å². The van der Waals surface area contributed by atoms with Crippen LogP contribution in [0.15, 0.2) is 36.4 Å². The first-order valence-electron chi connectivity index (χ1n) is 6.02. The highest BCUT2D eigenvalue weighted by atomic mass is 19.1. The van der Waals surface area contributed by atoms with Crippen molar-refractivity contribution >= 4 is 0 Å². The lowest BCUT2D eigenvalue weighted by Crippen LogP contribution is -2.04. The molecule has 0 aliphatic carbocycles. The van der Waals surface area contributed by atoms with Gasteiger partial charge in [-0.3, -0.25) is 0 Å². The van der Waals surface area contributed by atoms with Crippen LogP contribution in [0.25, 0.3) is 0 Å². The number of hydrogen-bond donors (Lipinski definition) is 1. The van der Waals surface area contributed by atoms with E-state index in [1.807, 2.05) is 19.1 Å². The van der Waals surface area contributed by atoms with Gasteiger partial charge in [0, 0.05) is 6.07 Å². The number of halogens is 2. The average molecular weight is 263 g/mol. The Hall–Kier alpha value is -1.94. The van der Waals surface area contributed by atoms with Crippen LogP contribution in [0, 0.1) is 18.6 Å². The Labute approximate surface area is 110 Å². The van der Waals surface area contributed by atoms with Crippen molar-refractivity contribution in [1.82, 2.24) is 0 Å². The quantitative estimate of drug-likeness (QED) is 0.915. The molecule has 0 heterocycles. The van der Waals surface area contributed by atoms with Gasteiger partial charge in [-0.15, -0.1) is 0 Å². The molecule has 0 bridgehead atoms. The topological polar surface area (TPSA) is 35.2 Å². The Morgan fingerprint density at radius 1 is 1.11 bits per heavy atom. The zero-order chi connectivity index (χ0) is 13.8. The lowest BCUT2D eigenvalue weighted by molar-refractivity contribution is 0.437. The van der Waals surface area contributed by atoms with E-state index >= 15 is 0 Å². The van der Waals surface area contributed by atoms with Crippen molar-refractivity contribution in [2.24, 2.45) is 5.73 Å². The zero-order valence-electron chi connectivity index (χ0n) is 10.6. The first-order valence-corrected chi connectivity index (χ1v) is 6.02. The largest absolute Gasteiger partial charge is 0.454 e. The lowest BCUT2D eigenvalue weighted by Gasteiger charge is -2.10. The molecule has 2 nitrogen and oxygen atoms in total. The maximum atomic E-state index is 13.5. The number of nitrogens with two attached hydrogens (primary N) is 1. The van der Waals surface area contributed by atoms with Crippen LogP contribution in [0.5, 0.6) is 11.5 Å². The molecule has 0 aromatic heterocycles. The van der Waals surface area contributed by atoms with E-state index in [2.05, 4.69) is 0 Å². The van der Waals surface area contributed by atoms with Gasteiger partial charge in [0.2, 0.25) is 0 Å². The summed E-state index contributed by atoms with van der Waals surface area (Å²) in [5.74, 6) is -0.820. The van der Waals surface area contributed by atoms with Crippen molar-refractivity contribution in [3.05, 3.63) is 59.2 Å². The summed E-state index contributed by atoms with van der Waals surface area (Å²) in [7, 11) is 0. The van der Waals surface area contributed by atoms with Gasteiger partial charge >= 0.3 is 0 Å². The molecule has 100 valence electrons. The number of ether oxygens (including phenoxy) is 1. The summed E-state index contributed by atoms with van der Waals surface area (Å²) >= 11 is 0. The van der Waals surface area contributed by atoms with Crippen molar-refractivity contribution < 1.29 is 13.5 Å². The van der Waals surface area contributed by atoms with E-state index in [1.165, 1.54) is 6.07 Å². The van der Waals surface area contributed by atoms with E-state index in [1.54, 1.807) is 6.07 Å². The van der Waals surface area contributed by atoms with Crippen LogP contribution in [0.2, 0.25) is 0 Å². The standard InChI is InChI=1S/C15H15F2NO/c1-10-8-13(4-2-11(10)6-7-18)19-15-5-3-12(16)9-14(15)17/h2-5,8-9H,6-7,18H2,1H3. The molecule has 0 fully saturated rings. The van der Waals surface area contributed by atoms with E-state index in [9.17, 15) is 8.78 Å². The molecule has 2 aromatic rings. The Balaban J connectivity index is 2.21. The molecule has 0 spiro atoms. The normalized spacial score (nSPS) is 10.5. The molecule has 0 unspecified atom stereocenters. The van der Waals surface area contributed by atoms with Crippen LogP contribution in [-0.4, -0.2) is 6.54 Å². The van der Waals surface area contributed by atoms with Gasteiger partial charge in [-0.05, 0) is 55.3 Å². The predicted octanol–water partition coefficient (Wildman–Crippen LogP) is 3.57. The molecular weight excluding hydrogens is 248 g/mol. The van der Waals surface area contributed by atoms with Gasteiger partial charge in [0.05, 0.1) is 0 Å². The molecule has 0 saturated heterocycles. The summed E-state index contributed by atoms with van der Waals surface area (Å²) in [4.78, 5) is 0. The second-order valence-electron chi connectivity index (χ2n) is 4.30. The third-order valence-corrected chi connectivity index (χ3v) is 2.85. The third-order valence-electron chi connectivity index (χ3n) is 2.85. The zero-order valence-corrected chi connectivity index (χ0v) is 10.6. The fourth-order valence-electron chi connectivity index (χ4n) is 1.85. The molecule has 4 heteroatoms. The molecule has 2 rings (SSSR count). The summed E-state index contributed by atoms with van der Waals surface area (Å²) in [5.41, 5.74) is 7.68. The van der Waals surface area contributed by atoms with E-state index < -0.39 is 11.6 Å². The molecule has 19 heavy (non-hydrogen) atoms. The minimum atomic E-state index is -0.719. The van der Waals surface area contributed by atoms with Crippen molar-refractivity contribution in [3.63, 3.8) is 0 Å². The van der Waals surface area contributed by atoms with Crippen LogP contribution in [0.4, 0.5) is 8.78 Å². The molecular formula is C15H15F2NO. The number of aryl methyl sites for hydroxylation is 1. The Kier molecular flexibility index (Phi) is 4.12. The molecule has 2 aromatic carbocycles. The van der Waals surface area contributed by atoms with E-state index in [4.69, 9.17) is 10.5 Å². The monoisotopic (exact) mass is 263 g/mol. The first kappa shape index (κ1) is 13.5. The SMILES string of the molecule is Cc1cc(Oc2ccc(F)cc2F)ccc1CCN. The number of benzene rings is 2. The maximum Gasteiger partial charge on any atom is 0.168 e.